The zero-order chi connectivity index (χ0) is 18.2. The van der Waals surface area contributed by atoms with Crippen LogP contribution in [0.3, 0.4) is 0 Å². The molecule has 0 radical (unpaired) electrons. The van der Waals surface area contributed by atoms with E-state index >= 15 is 0 Å². The lowest BCUT2D eigenvalue weighted by atomic mass is 10.1. The number of amidine groups is 1. The van der Waals surface area contributed by atoms with Crippen molar-refractivity contribution in [3.8, 4) is 11.5 Å². The van der Waals surface area contributed by atoms with Gasteiger partial charge in [-0.2, -0.15) is 0 Å². The van der Waals surface area contributed by atoms with E-state index in [0.717, 1.165) is 21.9 Å². The summed E-state index contributed by atoms with van der Waals surface area (Å²) in [5.41, 5.74) is 7.69. The van der Waals surface area contributed by atoms with Crippen LogP contribution in [0.4, 0.5) is 10.1 Å². The van der Waals surface area contributed by atoms with Crippen LogP contribution in [0.15, 0.2) is 71.0 Å². The first-order chi connectivity index (χ1) is 12.8. The quantitative estimate of drug-likeness (QED) is 0.276. The van der Waals surface area contributed by atoms with Crippen LogP contribution in [0, 0.1) is 0 Å². The highest BCUT2D eigenvalue weighted by molar-refractivity contribution is 7.12. The van der Waals surface area contributed by atoms with Crippen LogP contribution in [0.5, 0.6) is 11.5 Å². The second-order valence-electron chi connectivity index (χ2n) is 5.55. The third-order valence-corrected chi connectivity index (χ3v) is 4.52. The molecule has 0 aliphatic heterocycles. The van der Waals surface area contributed by atoms with E-state index in [0.29, 0.717) is 18.1 Å². The largest absolute Gasteiger partial charge is 0.457 e. The number of hydrogen-bond donors (Lipinski definition) is 2. The van der Waals surface area contributed by atoms with Crippen molar-refractivity contribution in [2.75, 3.05) is 13.2 Å². The summed E-state index contributed by atoms with van der Waals surface area (Å²) in [6.07, 6.45) is 0. The first-order valence-corrected chi connectivity index (χ1v) is 9.15. The van der Waals surface area contributed by atoms with Gasteiger partial charge in [0.25, 0.3) is 0 Å². The lowest BCUT2D eigenvalue weighted by molar-refractivity contribution is 0.454. The Balaban J connectivity index is 0.00000196. The fourth-order valence-corrected chi connectivity index (χ4v) is 3.02. The predicted octanol–water partition coefficient (Wildman–Crippen LogP) is 5.48. The number of thiophene rings is 1. The molecule has 0 aliphatic carbocycles. The minimum atomic E-state index is -0.419. The maximum absolute atomic E-state index is 12.4. The number of aliphatic imine (C=N–C) groups is 1. The Kier molecular flexibility index (Phi) is 10.6. The summed E-state index contributed by atoms with van der Waals surface area (Å²) in [5.74, 6) is 1.92. The van der Waals surface area contributed by atoms with Gasteiger partial charge in [0.1, 0.15) is 24.0 Å². The van der Waals surface area contributed by atoms with Crippen molar-refractivity contribution in [3.05, 3.63) is 76.5 Å². The molecule has 0 spiro atoms. The van der Waals surface area contributed by atoms with Gasteiger partial charge in [-0.15, -0.1) is 36.2 Å². The molecule has 0 saturated heterocycles. The molecule has 8 heteroatoms. The Bertz CT molecular complexity index is 861. The first kappa shape index (κ1) is 23.9. The number of halogens is 3. The van der Waals surface area contributed by atoms with Gasteiger partial charge >= 0.3 is 0 Å². The number of alkyl halides is 1. The molecule has 3 rings (SSSR count). The molecule has 0 saturated carbocycles. The van der Waals surface area contributed by atoms with E-state index in [2.05, 4.69) is 10.3 Å². The zero-order valence-electron chi connectivity index (χ0n) is 15.0. The van der Waals surface area contributed by atoms with Crippen molar-refractivity contribution < 1.29 is 9.13 Å². The van der Waals surface area contributed by atoms with Crippen molar-refractivity contribution in [2.45, 2.75) is 6.54 Å². The maximum Gasteiger partial charge on any atom is 0.141 e. The third-order valence-electron chi connectivity index (χ3n) is 3.62. The van der Waals surface area contributed by atoms with E-state index in [1.54, 1.807) is 11.3 Å². The smallest absolute Gasteiger partial charge is 0.141 e. The second kappa shape index (κ2) is 12.4. The fourth-order valence-electron chi connectivity index (χ4n) is 2.40. The van der Waals surface area contributed by atoms with Gasteiger partial charge in [-0.25, -0.2) is 9.38 Å². The van der Waals surface area contributed by atoms with E-state index in [4.69, 9.17) is 10.5 Å². The Morgan fingerprint density at radius 1 is 1.07 bits per heavy atom. The van der Waals surface area contributed by atoms with Gasteiger partial charge in [-0.3, -0.25) is 0 Å². The Morgan fingerprint density at radius 2 is 1.86 bits per heavy atom. The number of ether oxygens (including phenoxy) is 1. The molecule has 0 aliphatic rings. The molecule has 28 heavy (non-hydrogen) atoms. The summed E-state index contributed by atoms with van der Waals surface area (Å²) < 4.78 is 18.4. The zero-order valence-corrected chi connectivity index (χ0v) is 17.5. The van der Waals surface area contributed by atoms with Gasteiger partial charge < -0.3 is 15.8 Å². The van der Waals surface area contributed by atoms with Crippen LogP contribution in [0.2, 0.25) is 0 Å². The normalized spacial score (nSPS) is 10.7. The molecular weight excluding hydrogens is 420 g/mol. The SMILES string of the molecule is Cl.Cl.N/C(=N\c1ccc(Oc2ccccc2)c(CNCCF)c1)c1cccs1. The highest BCUT2D eigenvalue weighted by Crippen LogP contribution is 2.29. The topological polar surface area (TPSA) is 59.6 Å². The Labute approximate surface area is 180 Å². The van der Waals surface area contributed by atoms with Gasteiger partial charge in [0.15, 0.2) is 0 Å². The predicted molar refractivity (Wildman–Crippen MR) is 120 cm³/mol. The number of hydrogen-bond acceptors (Lipinski definition) is 4. The number of para-hydroxylation sites is 1. The first-order valence-electron chi connectivity index (χ1n) is 8.27. The molecule has 0 bridgehead atoms. The molecule has 3 N–H and O–H groups in total. The molecule has 0 amide bonds. The molecule has 0 unspecified atom stereocenters. The van der Waals surface area contributed by atoms with Gasteiger partial charge in [-0.05, 0) is 41.8 Å². The summed E-state index contributed by atoms with van der Waals surface area (Å²) in [6.45, 7) is 0.349. The van der Waals surface area contributed by atoms with Crippen LogP contribution >= 0.6 is 36.2 Å². The van der Waals surface area contributed by atoms with Gasteiger partial charge in [0.2, 0.25) is 0 Å². The highest BCUT2D eigenvalue weighted by atomic mass is 35.5. The summed E-state index contributed by atoms with van der Waals surface area (Å²) >= 11 is 1.54. The highest BCUT2D eigenvalue weighted by Gasteiger charge is 2.08. The fraction of sp³-hybridized carbons (Fsp3) is 0.150. The van der Waals surface area contributed by atoms with Crippen LogP contribution in [-0.2, 0) is 6.54 Å². The summed E-state index contributed by atoms with van der Waals surface area (Å²) in [5, 5.41) is 5.01. The van der Waals surface area contributed by atoms with Crippen LogP contribution < -0.4 is 15.8 Å². The molecule has 1 aromatic heterocycles. The number of nitrogens with one attached hydrogen (secondary N) is 1. The minimum absolute atomic E-state index is 0. The molecule has 3 aromatic rings. The number of nitrogens with zero attached hydrogens (tertiary/aromatic N) is 1. The maximum atomic E-state index is 12.4. The van der Waals surface area contributed by atoms with Crippen molar-refractivity contribution in [1.29, 1.82) is 0 Å². The van der Waals surface area contributed by atoms with Gasteiger partial charge in [-0.1, -0.05) is 24.3 Å². The van der Waals surface area contributed by atoms with Crippen molar-refractivity contribution in [1.82, 2.24) is 5.32 Å². The summed E-state index contributed by atoms with van der Waals surface area (Å²) in [6, 6.07) is 19.0. The third kappa shape index (κ3) is 6.80. The van der Waals surface area contributed by atoms with Crippen molar-refractivity contribution >= 4 is 47.7 Å². The molecule has 0 fully saturated rings. The Hall–Kier alpha value is -2.12. The number of rotatable bonds is 8. The van der Waals surface area contributed by atoms with E-state index in [1.165, 1.54) is 0 Å². The molecule has 2 aromatic carbocycles. The second-order valence-corrected chi connectivity index (χ2v) is 6.49. The molecular formula is C20H22Cl2FN3OS. The number of benzene rings is 2. The van der Waals surface area contributed by atoms with Crippen LogP contribution in [0.1, 0.15) is 10.4 Å². The van der Waals surface area contributed by atoms with Crippen LogP contribution in [-0.4, -0.2) is 19.1 Å². The van der Waals surface area contributed by atoms with Crippen molar-refractivity contribution in [3.63, 3.8) is 0 Å². The lowest BCUT2D eigenvalue weighted by Gasteiger charge is -2.12. The van der Waals surface area contributed by atoms with Gasteiger partial charge in [0.05, 0.1) is 10.6 Å². The van der Waals surface area contributed by atoms with E-state index < -0.39 is 6.67 Å². The van der Waals surface area contributed by atoms with E-state index in [1.807, 2.05) is 66.0 Å². The van der Waals surface area contributed by atoms with Crippen molar-refractivity contribution in [2.24, 2.45) is 10.7 Å². The number of nitrogens with two attached hydrogens (primary N) is 1. The molecule has 0 atom stereocenters. The standard InChI is InChI=1S/C20H20FN3OS.2ClH/c21-10-11-23-14-15-13-16(24-20(22)19-7-4-12-26-19)8-9-18(15)25-17-5-2-1-3-6-17;;/h1-9,12-13,23H,10-11,14H2,(H2,22,24);2*1H. The van der Waals surface area contributed by atoms with E-state index in [9.17, 15) is 4.39 Å². The Morgan fingerprint density at radius 3 is 2.54 bits per heavy atom. The van der Waals surface area contributed by atoms with E-state index in [-0.39, 0.29) is 31.4 Å². The van der Waals surface area contributed by atoms with Gasteiger partial charge in [0, 0.05) is 18.7 Å². The molecule has 4 nitrogen and oxygen atoms in total. The average molecular weight is 442 g/mol. The molecule has 150 valence electrons. The molecule has 1 heterocycles. The summed E-state index contributed by atoms with van der Waals surface area (Å²) in [7, 11) is 0. The minimum Gasteiger partial charge on any atom is -0.457 e. The monoisotopic (exact) mass is 441 g/mol. The van der Waals surface area contributed by atoms with Crippen LogP contribution in [0.25, 0.3) is 0 Å². The summed E-state index contributed by atoms with van der Waals surface area (Å²) in [4.78, 5) is 5.41. The average Bonchev–Trinajstić information content (AvgIpc) is 3.20. The lowest BCUT2D eigenvalue weighted by Crippen LogP contribution is -2.16.